The Morgan fingerprint density at radius 2 is 1.16 bits per heavy atom. The van der Waals surface area contributed by atoms with Crippen LogP contribution in [0.1, 0.15) is 24.0 Å². The van der Waals surface area contributed by atoms with Crippen molar-refractivity contribution in [3.8, 4) is 27.9 Å². The maximum atomic E-state index is 2.47. The van der Waals surface area contributed by atoms with Crippen LogP contribution in [-0.4, -0.2) is 9.13 Å². The molecular weight excluding hydrogens is 593 g/mol. The fourth-order valence-corrected chi connectivity index (χ4v) is 8.79. The number of rotatable bonds is 3. The SMILES string of the molecule is C1=CC(n2c3ccccc3c3cc(-c4ccc5c(c4)-c4cc6c(c7cccc(c47)C5)c4ccccc4n6-c4ccccc4)ccc32)=CCC1. The van der Waals surface area contributed by atoms with E-state index in [9.17, 15) is 0 Å². The van der Waals surface area contributed by atoms with Crippen molar-refractivity contribution in [3.63, 3.8) is 0 Å². The first-order valence-electron chi connectivity index (χ1n) is 17.4. The molecule has 49 heavy (non-hydrogen) atoms. The summed E-state index contributed by atoms with van der Waals surface area (Å²) in [5.74, 6) is 0. The van der Waals surface area contributed by atoms with Gasteiger partial charge in [-0.3, -0.25) is 0 Å². The van der Waals surface area contributed by atoms with Crippen LogP contribution in [-0.2, 0) is 6.42 Å². The Bertz CT molecular complexity index is 2890. The summed E-state index contributed by atoms with van der Waals surface area (Å²) >= 11 is 0. The molecule has 0 N–H and O–H groups in total. The summed E-state index contributed by atoms with van der Waals surface area (Å²) in [6.07, 6.45) is 10.1. The van der Waals surface area contributed by atoms with Crippen molar-refractivity contribution in [2.45, 2.75) is 19.3 Å². The summed E-state index contributed by atoms with van der Waals surface area (Å²) in [6, 6.07) is 52.1. The Kier molecular flexibility index (Phi) is 5.59. The molecule has 9 aromatic rings. The molecular formula is C47H32N2. The lowest BCUT2D eigenvalue weighted by Crippen LogP contribution is -2.02. The summed E-state index contributed by atoms with van der Waals surface area (Å²) in [5, 5.41) is 7.97. The number of para-hydroxylation sites is 3. The molecule has 0 fully saturated rings. The molecule has 2 heterocycles. The molecule has 0 spiro atoms. The van der Waals surface area contributed by atoms with Crippen molar-refractivity contribution < 1.29 is 0 Å². The fraction of sp³-hybridized carbons (Fsp3) is 0.0638. The highest BCUT2D eigenvalue weighted by molar-refractivity contribution is 6.25. The minimum Gasteiger partial charge on any atom is -0.310 e. The highest BCUT2D eigenvalue weighted by Crippen LogP contribution is 2.47. The number of fused-ring (bicyclic) bond motifs is 9. The molecule has 0 amide bonds. The zero-order valence-corrected chi connectivity index (χ0v) is 27.0. The predicted molar refractivity (Wildman–Crippen MR) is 208 cm³/mol. The Morgan fingerprint density at radius 1 is 0.429 bits per heavy atom. The third kappa shape index (κ3) is 3.83. The number of benzene rings is 7. The lowest BCUT2D eigenvalue weighted by Gasteiger charge is -2.23. The van der Waals surface area contributed by atoms with Crippen LogP contribution in [0.3, 0.4) is 0 Å². The summed E-state index contributed by atoms with van der Waals surface area (Å²) in [7, 11) is 0. The van der Waals surface area contributed by atoms with Crippen molar-refractivity contribution in [2.75, 3.05) is 0 Å². The van der Waals surface area contributed by atoms with Gasteiger partial charge in [0.1, 0.15) is 0 Å². The number of hydrogen-bond donors (Lipinski definition) is 0. The third-order valence-corrected chi connectivity index (χ3v) is 10.9. The van der Waals surface area contributed by atoms with E-state index in [1.807, 2.05) is 0 Å². The van der Waals surface area contributed by atoms with Crippen LogP contribution in [0.5, 0.6) is 0 Å². The van der Waals surface area contributed by atoms with E-state index in [0.717, 1.165) is 19.3 Å². The van der Waals surface area contributed by atoms with Crippen LogP contribution in [0.2, 0.25) is 0 Å². The standard InChI is InChI=1S/C47H32N2/c1-3-13-34(14-4-1)48-42-20-9-7-17-36(42)40-28-31(24-25-44(40)48)30-22-23-32-26-33-12-11-19-38-46(33)41(39(32)27-30)29-45-47(38)37-18-8-10-21-43(37)49(45)35-15-5-2-6-16-35/h2-3,5-25,27-29H,1,4,26H2. The Hall–Kier alpha value is -6.12. The molecule has 230 valence electrons. The van der Waals surface area contributed by atoms with Gasteiger partial charge in [0.2, 0.25) is 0 Å². The van der Waals surface area contributed by atoms with E-state index in [4.69, 9.17) is 0 Å². The largest absolute Gasteiger partial charge is 0.310 e. The number of allylic oxidation sites excluding steroid dienone is 4. The van der Waals surface area contributed by atoms with Crippen LogP contribution < -0.4 is 0 Å². The van der Waals surface area contributed by atoms with Gasteiger partial charge in [0.15, 0.2) is 0 Å². The normalized spacial score (nSPS) is 13.9. The first-order valence-corrected chi connectivity index (χ1v) is 17.4. The molecule has 2 aliphatic rings. The fourth-order valence-electron chi connectivity index (χ4n) is 8.79. The first kappa shape index (κ1) is 26.9. The van der Waals surface area contributed by atoms with Crippen LogP contribution in [0.4, 0.5) is 0 Å². The minimum absolute atomic E-state index is 0.942. The van der Waals surface area contributed by atoms with Gasteiger partial charge in [-0.15, -0.1) is 0 Å². The molecule has 11 rings (SSSR count). The average molecular weight is 625 g/mol. The zero-order chi connectivity index (χ0) is 32.1. The zero-order valence-electron chi connectivity index (χ0n) is 27.0. The quantitative estimate of drug-likeness (QED) is 0.185. The van der Waals surface area contributed by atoms with Gasteiger partial charge < -0.3 is 9.13 Å². The van der Waals surface area contributed by atoms with E-state index in [0.29, 0.717) is 0 Å². The molecule has 0 unspecified atom stereocenters. The van der Waals surface area contributed by atoms with Crippen LogP contribution in [0, 0.1) is 0 Å². The summed E-state index contributed by atoms with van der Waals surface area (Å²) < 4.78 is 4.89. The van der Waals surface area contributed by atoms with Crippen molar-refractivity contribution in [3.05, 3.63) is 169 Å². The summed E-state index contributed by atoms with van der Waals surface area (Å²) in [6.45, 7) is 0. The number of hydrogen-bond acceptors (Lipinski definition) is 0. The van der Waals surface area contributed by atoms with Crippen LogP contribution in [0.25, 0.3) is 88.0 Å². The average Bonchev–Trinajstić information content (AvgIpc) is 3.68. The van der Waals surface area contributed by atoms with Crippen molar-refractivity contribution in [2.24, 2.45) is 0 Å². The lowest BCUT2D eigenvalue weighted by molar-refractivity contribution is 1.02. The van der Waals surface area contributed by atoms with Gasteiger partial charge in [0.25, 0.3) is 0 Å². The molecule has 0 saturated carbocycles. The van der Waals surface area contributed by atoms with E-state index in [2.05, 4.69) is 167 Å². The predicted octanol–water partition coefficient (Wildman–Crippen LogP) is 12.5. The molecule has 0 saturated heterocycles. The maximum Gasteiger partial charge on any atom is 0.0553 e. The number of aromatic nitrogens is 2. The molecule has 0 atom stereocenters. The molecule has 0 bridgehead atoms. The second kappa shape index (κ2) is 10.2. The van der Waals surface area contributed by atoms with Gasteiger partial charge in [0.05, 0.1) is 22.1 Å². The summed E-state index contributed by atoms with van der Waals surface area (Å²) in [5.41, 5.74) is 15.4. The third-order valence-electron chi connectivity index (χ3n) is 10.9. The molecule has 2 aliphatic carbocycles. The maximum absolute atomic E-state index is 2.47. The Balaban J connectivity index is 1.15. The minimum atomic E-state index is 0.942. The van der Waals surface area contributed by atoms with E-state index < -0.39 is 0 Å². The Morgan fingerprint density at radius 3 is 2.02 bits per heavy atom. The Labute approximate surface area is 284 Å². The highest BCUT2D eigenvalue weighted by atomic mass is 15.0. The van der Waals surface area contributed by atoms with Gasteiger partial charge in [-0.05, 0) is 118 Å². The number of nitrogens with zero attached hydrogens (tertiary/aromatic N) is 2. The van der Waals surface area contributed by atoms with Crippen molar-refractivity contribution >= 4 is 60.1 Å². The van der Waals surface area contributed by atoms with Gasteiger partial charge in [-0.1, -0.05) is 103 Å². The monoisotopic (exact) mass is 624 g/mol. The van der Waals surface area contributed by atoms with Crippen molar-refractivity contribution in [1.82, 2.24) is 9.13 Å². The van der Waals surface area contributed by atoms with E-state index in [1.54, 1.807) is 0 Å². The molecule has 7 aromatic carbocycles. The van der Waals surface area contributed by atoms with Gasteiger partial charge in [-0.2, -0.15) is 0 Å². The van der Waals surface area contributed by atoms with E-state index in [-0.39, 0.29) is 0 Å². The van der Waals surface area contributed by atoms with Gasteiger partial charge in [-0.25, -0.2) is 0 Å². The van der Waals surface area contributed by atoms with Gasteiger partial charge >= 0.3 is 0 Å². The van der Waals surface area contributed by atoms with Gasteiger partial charge in [0, 0.05) is 32.9 Å². The highest BCUT2D eigenvalue weighted by Gasteiger charge is 2.24. The van der Waals surface area contributed by atoms with Crippen LogP contribution in [0.15, 0.2) is 158 Å². The van der Waals surface area contributed by atoms with Crippen molar-refractivity contribution in [1.29, 1.82) is 0 Å². The van der Waals surface area contributed by atoms with E-state index in [1.165, 1.54) is 99.1 Å². The summed E-state index contributed by atoms with van der Waals surface area (Å²) in [4.78, 5) is 0. The topological polar surface area (TPSA) is 9.86 Å². The molecule has 0 radical (unpaired) electrons. The molecule has 2 nitrogen and oxygen atoms in total. The second-order valence-electron chi connectivity index (χ2n) is 13.6. The smallest absolute Gasteiger partial charge is 0.0553 e. The first-order chi connectivity index (χ1) is 24.3. The molecule has 2 aromatic heterocycles. The second-order valence-corrected chi connectivity index (χ2v) is 13.6. The molecule has 0 aliphatic heterocycles. The van der Waals surface area contributed by atoms with E-state index >= 15 is 0 Å². The lowest BCUT2D eigenvalue weighted by atomic mass is 9.81. The van der Waals surface area contributed by atoms with Crippen LogP contribution >= 0.6 is 0 Å². The molecule has 2 heteroatoms.